The fraction of sp³-hybridized carbons (Fsp3) is 0.105. The third-order valence-electron chi connectivity index (χ3n) is 3.53. The fourth-order valence-corrected chi connectivity index (χ4v) is 3.35. The van der Waals surface area contributed by atoms with Gasteiger partial charge in [-0.15, -0.1) is 11.3 Å². The summed E-state index contributed by atoms with van der Waals surface area (Å²) in [6.45, 7) is 2.30. The van der Waals surface area contributed by atoms with Crippen molar-refractivity contribution in [3.05, 3.63) is 80.0 Å². The van der Waals surface area contributed by atoms with E-state index in [0.29, 0.717) is 33.0 Å². The van der Waals surface area contributed by atoms with E-state index in [9.17, 15) is 4.79 Å². The molecule has 0 saturated heterocycles. The van der Waals surface area contributed by atoms with Gasteiger partial charge in [0.05, 0.1) is 4.88 Å². The Morgan fingerprint density at radius 2 is 1.92 bits per heavy atom. The second-order valence-corrected chi connectivity index (χ2v) is 7.26. The maximum atomic E-state index is 12.4. The van der Waals surface area contributed by atoms with Crippen molar-refractivity contribution in [3.63, 3.8) is 0 Å². The second-order valence-electron chi connectivity index (χ2n) is 5.48. The first-order valence-corrected chi connectivity index (χ1v) is 9.18. The number of nitrogens with one attached hydrogen (secondary N) is 1. The fourth-order valence-electron chi connectivity index (χ4n) is 2.21. The van der Waals surface area contributed by atoms with Gasteiger partial charge in [-0.25, -0.2) is 0 Å². The van der Waals surface area contributed by atoms with Gasteiger partial charge in [0.2, 0.25) is 0 Å². The van der Waals surface area contributed by atoms with Crippen molar-refractivity contribution in [2.75, 3.05) is 5.32 Å². The zero-order valence-electron chi connectivity index (χ0n) is 13.4. The monoisotopic (exact) mass is 391 g/mol. The van der Waals surface area contributed by atoms with E-state index in [0.717, 1.165) is 11.1 Å². The number of ether oxygens (including phenoxy) is 1. The van der Waals surface area contributed by atoms with Gasteiger partial charge in [-0.2, -0.15) is 0 Å². The standard InChI is InChI=1S/C19H15Cl2NO2S/c1-12-5-6-15(21)9-17(12)22-19(23)18-7-13(11-25-18)10-24-16-4-2-3-14(20)8-16/h2-9,11H,10H2,1H3,(H,22,23). The predicted molar refractivity (Wildman–Crippen MR) is 104 cm³/mol. The van der Waals surface area contributed by atoms with Crippen LogP contribution in [0, 0.1) is 6.92 Å². The Kier molecular flexibility index (Phi) is 5.63. The highest BCUT2D eigenvalue weighted by Gasteiger charge is 2.11. The minimum Gasteiger partial charge on any atom is -0.489 e. The molecule has 1 amide bonds. The molecule has 6 heteroatoms. The van der Waals surface area contributed by atoms with Gasteiger partial charge in [-0.1, -0.05) is 35.3 Å². The SMILES string of the molecule is Cc1ccc(Cl)cc1NC(=O)c1cc(COc2cccc(Cl)c2)cs1. The zero-order chi connectivity index (χ0) is 17.8. The average Bonchev–Trinajstić information content (AvgIpc) is 3.05. The molecule has 1 aromatic heterocycles. The molecule has 0 atom stereocenters. The minimum atomic E-state index is -0.163. The molecule has 0 saturated carbocycles. The van der Waals surface area contributed by atoms with E-state index in [4.69, 9.17) is 27.9 Å². The van der Waals surface area contributed by atoms with Crippen LogP contribution in [0.1, 0.15) is 20.8 Å². The van der Waals surface area contributed by atoms with E-state index in [1.54, 1.807) is 24.3 Å². The second kappa shape index (κ2) is 7.91. The van der Waals surface area contributed by atoms with E-state index in [2.05, 4.69) is 5.32 Å². The molecular weight excluding hydrogens is 377 g/mol. The number of amides is 1. The first kappa shape index (κ1) is 17.8. The molecule has 1 N–H and O–H groups in total. The van der Waals surface area contributed by atoms with Gasteiger partial charge in [-0.05, 0) is 54.3 Å². The molecule has 0 unspecified atom stereocenters. The smallest absolute Gasteiger partial charge is 0.265 e. The van der Waals surface area contributed by atoms with Gasteiger partial charge in [0, 0.05) is 21.3 Å². The maximum absolute atomic E-state index is 12.4. The number of thiophene rings is 1. The molecule has 0 spiro atoms. The molecule has 0 bridgehead atoms. The number of aryl methyl sites for hydroxylation is 1. The summed E-state index contributed by atoms with van der Waals surface area (Å²) in [6, 6.07) is 14.4. The summed E-state index contributed by atoms with van der Waals surface area (Å²) in [5.41, 5.74) is 2.60. The Labute approximate surface area is 160 Å². The van der Waals surface area contributed by atoms with Crippen molar-refractivity contribution < 1.29 is 9.53 Å². The van der Waals surface area contributed by atoms with Crippen LogP contribution in [0.15, 0.2) is 53.9 Å². The van der Waals surface area contributed by atoms with Gasteiger partial charge < -0.3 is 10.1 Å². The summed E-state index contributed by atoms with van der Waals surface area (Å²) in [5.74, 6) is 0.531. The number of rotatable bonds is 5. The number of halogens is 2. The number of anilines is 1. The van der Waals surface area contributed by atoms with E-state index in [1.165, 1.54) is 11.3 Å². The molecule has 128 valence electrons. The molecule has 1 heterocycles. The first-order chi connectivity index (χ1) is 12.0. The number of benzene rings is 2. The molecule has 0 radical (unpaired) electrons. The van der Waals surface area contributed by atoms with Crippen LogP contribution in [-0.2, 0) is 6.61 Å². The lowest BCUT2D eigenvalue weighted by Crippen LogP contribution is -2.11. The molecule has 0 aliphatic carbocycles. The predicted octanol–water partition coefficient (Wildman–Crippen LogP) is 6.19. The van der Waals surface area contributed by atoms with E-state index >= 15 is 0 Å². The van der Waals surface area contributed by atoms with Crippen molar-refractivity contribution in [1.29, 1.82) is 0 Å². The Morgan fingerprint density at radius 3 is 2.72 bits per heavy atom. The highest BCUT2D eigenvalue weighted by molar-refractivity contribution is 7.12. The summed E-state index contributed by atoms with van der Waals surface area (Å²) < 4.78 is 5.69. The third kappa shape index (κ3) is 4.75. The van der Waals surface area contributed by atoms with Crippen molar-refractivity contribution in [1.82, 2.24) is 0 Å². The Morgan fingerprint density at radius 1 is 1.12 bits per heavy atom. The lowest BCUT2D eigenvalue weighted by molar-refractivity contribution is 0.103. The molecule has 0 aliphatic rings. The van der Waals surface area contributed by atoms with E-state index in [-0.39, 0.29) is 5.91 Å². The summed E-state index contributed by atoms with van der Waals surface area (Å²) >= 11 is 13.3. The van der Waals surface area contributed by atoms with Gasteiger partial charge in [0.1, 0.15) is 12.4 Å². The normalized spacial score (nSPS) is 10.5. The van der Waals surface area contributed by atoms with Gasteiger partial charge in [-0.3, -0.25) is 4.79 Å². The van der Waals surface area contributed by atoms with Crippen LogP contribution in [0.2, 0.25) is 10.0 Å². The summed E-state index contributed by atoms with van der Waals surface area (Å²) in [5, 5.41) is 6.01. The molecule has 2 aromatic carbocycles. The summed E-state index contributed by atoms with van der Waals surface area (Å²) in [7, 11) is 0. The first-order valence-electron chi connectivity index (χ1n) is 7.54. The van der Waals surface area contributed by atoms with E-state index < -0.39 is 0 Å². The molecule has 25 heavy (non-hydrogen) atoms. The van der Waals surface area contributed by atoms with Crippen molar-refractivity contribution >= 4 is 46.1 Å². The highest BCUT2D eigenvalue weighted by atomic mass is 35.5. The molecule has 3 rings (SSSR count). The number of hydrogen-bond donors (Lipinski definition) is 1. The Balaban J connectivity index is 1.64. The van der Waals surface area contributed by atoms with Crippen LogP contribution in [0.4, 0.5) is 5.69 Å². The van der Waals surface area contributed by atoms with E-state index in [1.807, 2.05) is 36.6 Å². The van der Waals surface area contributed by atoms with Crippen molar-refractivity contribution in [2.24, 2.45) is 0 Å². The minimum absolute atomic E-state index is 0.163. The van der Waals surface area contributed by atoms with Crippen molar-refractivity contribution in [2.45, 2.75) is 13.5 Å². The van der Waals surface area contributed by atoms with Gasteiger partial charge >= 0.3 is 0 Å². The number of hydrogen-bond acceptors (Lipinski definition) is 3. The van der Waals surface area contributed by atoms with Gasteiger partial charge in [0.25, 0.3) is 5.91 Å². The van der Waals surface area contributed by atoms with Crippen molar-refractivity contribution in [3.8, 4) is 5.75 Å². The van der Waals surface area contributed by atoms with Crippen LogP contribution in [0.3, 0.4) is 0 Å². The lowest BCUT2D eigenvalue weighted by atomic mass is 10.2. The van der Waals surface area contributed by atoms with Crippen LogP contribution >= 0.6 is 34.5 Å². The maximum Gasteiger partial charge on any atom is 0.265 e. The molecule has 0 fully saturated rings. The quantitative estimate of drug-likeness (QED) is 0.562. The summed E-state index contributed by atoms with van der Waals surface area (Å²) in [6.07, 6.45) is 0. The lowest BCUT2D eigenvalue weighted by Gasteiger charge is -2.07. The largest absolute Gasteiger partial charge is 0.489 e. The van der Waals surface area contributed by atoms with Crippen LogP contribution in [-0.4, -0.2) is 5.91 Å². The molecular formula is C19H15Cl2NO2S. The Hall–Kier alpha value is -2.01. The van der Waals surface area contributed by atoms with Crippen LogP contribution in [0.25, 0.3) is 0 Å². The van der Waals surface area contributed by atoms with Gasteiger partial charge in [0.15, 0.2) is 0 Å². The van der Waals surface area contributed by atoms with Crippen LogP contribution in [0.5, 0.6) is 5.75 Å². The topological polar surface area (TPSA) is 38.3 Å². The number of carbonyl (C=O) groups is 1. The summed E-state index contributed by atoms with van der Waals surface area (Å²) in [4.78, 5) is 13.0. The zero-order valence-corrected chi connectivity index (χ0v) is 15.7. The Bertz CT molecular complexity index is 908. The third-order valence-corrected chi connectivity index (χ3v) is 4.97. The van der Waals surface area contributed by atoms with Crippen LogP contribution < -0.4 is 10.1 Å². The average molecular weight is 392 g/mol. The molecule has 3 nitrogen and oxygen atoms in total. The molecule has 3 aromatic rings. The highest BCUT2D eigenvalue weighted by Crippen LogP contribution is 2.24. The molecule has 0 aliphatic heterocycles. The number of carbonyl (C=O) groups excluding carboxylic acids is 1.